The summed E-state index contributed by atoms with van der Waals surface area (Å²) >= 11 is 4.30. The summed E-state index contributed by atoms with van der Waals surface area (Å²) in [6, 6.07) is 0. The van der Waals surface area contributed by atoms with Crippen molar-refractivity contribution in [1.82, 2.24) is 10.5 Å². The summed E-state index contributed by atoms with van der Waals surface area (Å²) in [5.74, 6) is -0.290. The summed E-state index contributed by atoms with van der Waals surface area (Å²) in [7, 11) is 4.27. The van der Waals surface area contributed by atoms with Crippen LogP contribution in [-0.2, 0) is 14.3 Å². The number of ether oxygens (including phenoxy) is 1. The van der Waals surface area contributed by atoms with Crippen molar-refractivity contribution in [1.29, 1.82) is 0 Å². The molecule has 5 nitrogen and oxygen atoms in total. The highest BCUT2D eigenvalue weighted by molar-refractivity contribution is 14.2. The molecular weight excluding hydrogens is 521 g/mol. The van der Waals surface area contributed by atoms with E-state index in [-0.39, 0.29) is 28.1 Å². The van der Waals surface area contributed by atoms with Crippen LogP contribution >= 0.6 is 59.6 Å². The van der Waals surface area contributed by atoms with E-state index in [0.29, 0.717) is 25.7 Å². The summed E-state index contributed by atoms with van der Waals surface area (Å²) in [5.41, 5.74) is 0. The fraction of sp³-hybridized carbons (Fsp3) is 0.778. The standard InChI is InChI=1S/C9H19B2I2N2O3P2/c1-6(8(16)14-10-20-13)3-4-18-5-7(2)9(17)15-11(12)19/h6-7,20H,3-5,19H2,1-2H3,(H,14,16)(H,15,17). The molecule has 4 atom stereocenters. The minimum Gasteiger partial charge on any atom is -0.398 e. The van der Waals surface area contributed by atoms with Crippen molar-refractivity contribution in [3.8, 4) is 0 Å². The molecule has 0 aromatic rings. The molecule has 0 aliphatic heterocycles. The van der Waals surface area contributed by atoms with Crippen molar-refractivity contribution in [2.24, 2.45) is 11.8 Å². The summed E-state index contributed by atoms with van der Waals surface area (Å²) in [4.78, 5) is 23.2. The zero-order chi connectivity index (χ0) is 15.5. The Bertz CT molecular complexity index is 317. The van der Waals surface area contributed by atoms with Gasteiger partial charge in [-0.25, -0.2) is 0 Å². The van der Waals surface area contributed by atoms with Crippen LogP contribution in [0.4, 0.5) is 0 Å². The number of carbonyl (C=O) groups excluding carboxylic acids is 2. The number of hydrogen-bond donors (Lipinski definition) is 2. The maximum Gasteiger partial charge on any atom is 0.349 e. The molecule has 11 heteroatoms. The van der Waals surface area contributed by atoms with Gasteiger partial charge in [0.2, 0.25) is 11.8 Å². The molecule has 0 heterocycles. The molecule has 0 bridgehead atoms. The normalized spacial score (nSPS) is 13.8. The lowest BCUT2D eigenvalue weighted by Crippen LogP contribution is -2.36. The van der Waals surface area contributed by atoms with Crippen molar-refractivity contribution in [2.75, 3.05) is 13.2 Å². The molecule has 1 radical (unpaired) electrons. The monoisotopic (exact) mass is 541 g/mol. The van der Waals surface area contributed by atoms with Crippen LogP contribution in [0.2, 0.25) is 0 Å². The quantitative estimate of drug-likeness (QED) is 0.192. The SMILES string of the molecule is CC(CCOCC(C)C(=O)NB(P)I)C(=O)N[B]PI. The van der Waals surface area contributed by atoms with Gasteiger partial charge >= 0.3 is 4.42 Å². The van der Waals surface area contributed by atoms with Crippen LogP contribution in [0, 0.1) is 11.8 Å². The van der Waals surface area contributed by atoms with Gasteiger partial charge in [-0.05, 0) is 6.42 Å². The zero-order valence-corrected chi connectivity index (χ0v) is 18.0. The second kappa shape index (κ2) is 12.9. The van der Waals surface area contributed by atoms with Crippen LogP contribution < -0.4 is 10.5 Å². The highest BCUT2D eigenvalue weighted by Crippen LogP contribution is 2.15. The lowest BCUT2D eigenvalue weighted by molar-refractivity contribution is -0.126. The van der Waals surface area contributed by atoms with Gasteiger partial charge in [-0.3, -0.25) is 9.59 Å². The van der Waals surface area contributed by atoms with E-state index in [4.69, 9.17) is 4.74 Å². The van der Waals surface area contributed by atoms with E-state index in [1.807, 2.05) is 13.8 Å². The van der Waals surface area contributed by atoms with Crippen LogP contribution in [0.25, 0.3) is 0 Å². The Morgan fingerprint density at radius 3 is 2.60 bits per heavy atom. The van der Waals surface area contributed by atoms with Crippen molar-refractivity contribution in [3.63, 3.8) is 0 Å². The molecule has 0 fully saturated rings. The van der Waals surface area contributed by atoms with Crippen molar-refractivity contribution < 1.29 is 14.3 Å². The molecule has 4 unspecified atom stereocenters. The summed E-state index contributed by atoms with van der Waals surface area (Å²) in [6.07, 6.45) is 1.22. The zero-order valence-electron chi connectivity index (χ0n) is 11.5. The first-order valence-electron chi connectivity index (χ1n) is 6.14. The Kier molecular flexibility index (Phi) is 13.7. The molecule has 0 spiro atoms. The van der Waals surface area contributed by atoms with E-state index < -0.39 is 0 Å². The van der Waals surface area contributed by atoms with E-state index in [0.717, 1.165) is 0 Å². The molecule has 0 aromatic heterocycles. The largest absolute Gasteiger partial charge is 0.398 e. The molecule has 0 saturated carbocycles. The smallest absolute Gasteiger partial charge is 0.349 e. The molecule has 0 rings (SSSR count). The summed E-state index contributed by atoms with van der Waals surface area (Å²) < 4.78 is 5.49. The fourth-order valence-electron chi connectivity index (χ4n) is 1.25. The lowest BCUT2D eigenvalue weighted by atomic mass is 10.1. The van der Waals surface area contributed by atoms with Crippen molar-refractivity contribution in [3.05, 3.63) is 0 Å². The average molecular weight is 541 g/mol. The second-order valence-corrected chi connectivity index (χ2v) is 10.1. The number of carbonyl (C=O) groups is 2. The van der Waals surface area contributed by atoms with Gasteiger partial charge in [0, 0.05) is 12.5 Å². The Morgan fingerprint density at radius 2 is 2.05 bits per heavy atom. The van der Waals surface area contributed by atoms with Crippen LogP contribution in [0.15, 0.2) is 0 Å². The minimum atomic E-state index is -0.189. The molecule has 2 N–H and O–H groups in total. The summed E-state index contributed by atoms with van der Waals surface area (Å²) in [6.45, 7) is 4.54. The molecule has 20 heavy (non-hydrogen) atoms. The molecule has 0 aromatic carbocycles. The molecular formula is C9H19B2I2N2O3P2. The maximum absolute atomic E-state index is 11.6. The third-order valence-corrected chi connectivity index (χ3v) is 4.17. The summed E-state index contributed by atoms with van der Waals surface area (Å²) in [5, 5.41) is 5.54. The third-order valence-electron chi connectivity index (χ3n) is 2.51. The van der Waals surface area contributed by atoms with Crippen LogP contribution in [0.5, 0.6) is 0 Å². The number of amides is 2. The minimum absolute atomic E-state index is 0.0133. The Balaban J connectivity index is 3.74. The van der Waals surface area contributed by atoms with E-state index in [9.17, 15) is 9.59 Å². The Hall–Kier alpha value is 1.35. The van der Waals surface area contributed by atoms with E-state index in [1.165, 1.54) is 0 Å². The van der Waals surface area contributed by atoms with Gasteiger partial charge in [0.1, 0.15) is 0 Å². The van der Waals surface area contributed by atoms with Crippen molar-refractivity contribution in [2.45, 2.75) is 20.3 Å². The van der Waals surface area contributed by atoms with Gasteiger partial charge in [-0.15, -0.1) is 31.5 Å². The first kappa shape index (κ1) is 21.3. The molecule has 0 saturated heterocycles. The fourth-order valence-corrected chi connectivity index (χ4v) is 2.38. The highest BCUT2D eigenvalue weighted by atomic mass is 127. The van der Waals surface area contributed by atoms with E-state index in [1.54, 1.807) is 7.13 Å². The molecule has 113 valence electrons. The Morgan fingerprint density at radius 1 is 1.40 bits per heavy atom. The third kappa shape index (κ3) is 11.0. The average Bonchev–Trinajstić information content (AvgIpc) is 2.39. The molecule has 2 amide bonds. The van der Waals surface area contributed by atoms with Gasteiger partial charge in [0.15, 0.2) is 0 Å². The molecule has 0 aliphatic rings. The van der Waals surface area contributed by atoms with E-state index >= 15 is 0 Å². The topological polar surface area (TPSA) is 67.4 Å². The van der Waals surface area contributed by atoms with E-state index in [2.05, 4.69) is 64.0 Å². The van der Waals surface area contributed by atoms with Crippen molar-refractivity contribution >= 4 is 83.0 Å². The number of nitrogens with one attached hydrogen (secondary N) is 2. The van der Waals surface area contributed by atoms with Gasteiger partial charge < -0.3 is 15.2 Å². The van der Waals surface area contributed by atoms with Crippen LogP contribution in [-0.4, -0.2) is 36.6 Å². The number of hydrogen-bond acceptors (Lipinski definition) is 3. The lowest BCUT2D eigenvalue weighted by Gasteiger charge is -2.14. The van der Waals surface area contributed by atoms with Gasteiger partial charge in [0.25, 0.3) is 7.13 Å². The predicted molar refractivity (Wildman–Crippen MR) is 108 cm³/mol. The first-order chi connectivity index (χ1) is 9.38. The maximum atomic E-state index is 11.6. The first-order valence-corrected chi connectivity index (χ1v) is 12.2. The van der Waals surface area contributed by atoms with Gasteiger partial charge in [-0.1, -0.05) is 42.0 Å². The van der Waals surface area contributed by atoms with Gasteiger partial charge in [0.05, 0.1) is 12.5 Å². The number of halogens is 2. The van der Waals surface area contributed by atoms with Gasteiger partial charge in [-0.2, -0.15) is 0 Å². The second-order valence-electron chi connectivity index (χ2n) is 4.34. The highest BCUT2D eigenvalue weighted by Gasteiger charge is 2.16. The predicted octanol–water partition coefficient (Wildman–Crippen LogP) is 1.76. The van der Waals surface area contributed by atoms with Crippen LogP contribution in [0.1, 0.15) is 20.3 Å². The Labute approximate surface area is 152 Å². The molecule has 0 aliphatic carbocycles. The number of rotatable bonds is 10. The van der Waals surface area contributed by atoms with Crippen LogP contribution in [0.3, 0.4) is 0 Å².